The van der Waals surface area contributed by atoms with Gasteiger partial charge in [-0.25, -0.2) is 4.79 Å². The number of ether oxygens (including phenoxy) is 2. The molecule has 16 heavy (non-hydrogen) atoms. The number of carbonyl (C=O) groups excluding carboxylic acids is 2. The molecule has 0 rings (SSSR count). The number of rotatable bonds is 8. The molecule has 0 aliphatic carbocycles. The molecule has 0 atom stereocenters. The van der Waals surface area contributed by atoms with E-state index in [1.807, 2.05) is 0 Å². The second-order valence-electron chi connectivity index (χ2n) is 2.84. The highest BCUT2D eigenvalue weighted by atomic mass is 16.5. The Hall–Kier alpha value is -1.78. The lowest BCUT2D eigenvalue weighted by Gasteiger charge is -1.98. The smallest absolute Gasteiger partial charge is 0.460 e. The van der Waals surface area contributed by atoms with Crippen LogP contribution >= 0.6 is 0 Å². The van der Waals surface area contributed by atoms with E-state index < -0.39 is 17.5 Å². The van der Waals surface area contributed by atoms with Gasteiger partial charge in [0.2, 0.25) is 0 Å². The first-order valence-corrected chi connectivity index (χ1v) is 4.72. The molecule has 0 heterocycles. The number of esters is 1. The van der Waals surface area contributed by atoms with Gasteiger partial charge in [-0.15, -0.1) is 6.58 Å². The maximum atomic E-state index is 11.4. The van der Waals surface area contributed by atoms with Gasteiger partial charge in [-0.1, -0.05) is 6.08 Å². The topological polar surface area (TPSA) is 90.5 Å². The second kappa shape index (κ2) is 8.52. The fourth-order valence-electron chi connectivity index (χ4n) is 0.938. The molecule has 6 nitrogen and oxygen atoms in total. The number of hydrogen-bond donors (Lipinski definition) is 1. The number of ketones is 1. The van der Waals surface area contributed by atoms with Gasteiger partial charge < -0.3 is 9.47 Å². The van der Waals surface area contributed by atoms with Crippen molar-refractivity contribution >= 4 is 17.5 Å². The summed E-state index contributed by atoms with van der Waals surface area (Å²) >= 11 is 0. The molecule has 0 aliphatic heterocycles. The van der Waals surface area contributed by atoms with Crippen LogP contribution in [0.1, 0.15) is 12.8 Å². The highest BCUT2D eigenvalue weighted by Gasteiger charge is 2.32. The molecule has 0 saturated heterocycles. The van der Waals surface area contributed by atoms with Crippen LogP contribution in [0.4, 0.5) is 0 Å². The average Bonchev–Trinajstić information content (AvgIpc) is 2.29. The van der Waals surface area contributed by atoms with E-state index in [0.29, 0.717) is 19.6 Å². The molecular weight excluding hydrogens is 212 g/mol. The minimum Gasteiger partial charge on any atom is -0.460 e. The number of nitrogens with zero attached hydrogens (tertiary/aromatic N) is 1. The van der Waals surface area contributed by atoms with Crippen molar-refractivity contribution in [1.82, 2.24) is 0 Å². The Morgan fingerprint density at radius 2 is 2.19 bits per heavy atom. The molecule has 0 aromatic heterocycles. The highest BCUT2D eigenvalue weighted by molar-refractivity contribution is 6.62. The molecule has 0 fully saturated rings. The Kier molecular flexibility index (Phi) is 7.57. The number of Topliss-reactive ketones (excluding diaryl/α,β-unsaturated/α-hetero) is 1. The maximum Gasteiger partial charge on any atom is 0.490 e. The van der Waals surface area contributed by atoms with E-state index in [1.54, 1.807) is 6.08 Å². The van der Waals surface area contributed by atoms with E-state index in [1.165, 1.54) is 0 Å². The summed E-state index contributed by atoms with van der Waals surface area (Å²) in [6, 6.07) is 0. The van der Waals surface area contributed by atoms with E-state index in [0.717, 1.165) is 7.11 Å². The molecule has 0 radical (unpaired) electrons. The Morgan fingerprint density at radius 3 is 2.69 bits per heavy atom. The third kappa shape index (κ3) is 5.19. The number of carbonyl (C=O) groups is 2. The summed E-state index contributed by atoms with van der Waals surface area (Å²) < 4.78 is 9.37. The number of nitrogens with one attached hydrogen (secondary N) is 1. The van der Waals surface area contributed by atoms with Gasteiger partial charge in [0, 0.05) is 13.0 Å². The van der Waals surface area contributed by atoms with Crippen LogP contribution in [-0.2, 0) is 19.1 Å². The molecule has 0 aromatic rings. The molecule has 0 amide bonds. The third-order valence-corrected chi connectivity index (χ3v) is 1.68. The summed E-state index contributed by atoms with van der Waals surface area (Å²) in [4.78, 5) is 25.2. The zero-order chi connectivity index (χ0) is 12.4. The molecule has 0 aliphatic rings. The summed E-state index contributed by atoms with van der Waals surface area (Å²) in [6.07, 6.45) is 2.17. The summed E-state index contributed by atoms with van der Waals surface area (Å²) in [7, 11) is 1.13. The van der Waals surface area contributed by atoms with Crippen LogP contribution in [0.5, 0.6) is 0 Å². The lowest BCUT2D eigenvalue weighted by Crippen LogP contribution is -2.26. The minimum atomic E-state index is -0.882. The normalized spacial score (nSPS) is 9.06. The van der Waals surface area contributed by atoms with Gasteiger partial charge >= 0.3 is 11.7 Å². The molecule has 0 bridgehead atoms. The van der Waals surface area contributed by atoms with Crippen LogP contribution in [0.15, 0.2) is 12.7 Å². The fourth-order valence-corrected chi connectivity index (χ4v) is 0.938. The molecule has 6 heteroatoms. The molecule has 1 N–H and O–H groups in total. The quantitative estimate of drug-likeness (QED) is 0.123. The Balaban J connectivity index is 4.00. The monoisotopic (exact) mass is 227 g/mol. The van der Waals surface area contributed by atoms with Gasteiger partial charge in [-0.3, -0.25) is 4.79 Å². The van der Waals surface area contributed by atoms with Crippen LogP contribution in [0.2, 0.25) is 0 Å². The van der Waals surface area contributed by atoms with Gasteiger partial charge in [0.25, 0.3) is 5.78 Å². The summed E-state index contributed by atoms with van der Waals surface area (Å²) in [5.74, 6) is -1.39. The molecule has 0 aromatic carbocycles. The van der Waals surface area contributed by atoms with E-state index in [2.05, 4.69) is 16.1 Å². The molecular formula is C10H15N2O4+. The zero-order valence-electron chi connectivity index (χ0n) is 9.19. The predicted molar refractivity (Wildman–Crippen MR) is 55.3 cm³/mol. The van der Waals surface area contributed by atoms with Crippen molar-refractivity contribution in [1.29, 1.82) is 5.53 Å². The average molecular weight is 227 g/mol. The van der Waals surface area contributed by atoms with Crippen molar-refractivity contribution in [3.63, 3.8) is 0 Å². The Labute approximate surface area is 93.5 Å². The van der Waals surface area contributed by atoms with Gasteiger partial charge in [0.05, 0.1) is 24.0 Å². The largest absolute Gasteiger partial charge is 0.490 e. The minimum absolute atomic E-state index is 0.101. The second-order valence-corrected chi connectivity index (χ2v) is 2.84. The van der Waals surface area contributed by atoms with Gasteiger partial charge in [-0.2, -0.15) is 0 Å². The first-order chi connectivity index (χ1) is 7.67. The summed E-state index contributed by atoms with van der Waals surface area (Å²) in [6.45, 7) is 4.29. The van der Waals surface area contributed by atoms with E-state index >= 15 is 0 Å². The first kappa shape index (κ1) is 14.2. The lowest BCUT2D eigenvalue weighted by molar-refractivity contribution is -0.155. The fraction of sp³-hybridized carbons (Fsp3) is 0.500. The van der Waals surface area contributed by atoms with E-state index in [-0.39, 0.29) is 6.42 Å². The van der Waals surface area contributed by atoms with Crippen LogP contribution < -0.4 is 0 Å². The summed E-state index contributed by atoms with van der Waals surface area (Å²) in [5, 5.41) is 0. The molecule has 88 valence electrons. The third-order valence-electron chi connectivity index (χ3n) is 1.68. The molecule has 0 unspecified atom stereocenters. The van der Waals surface area contributed by atoms with Crippen molar-refractivity contribution in [2.45, 2.75) is 12.8 Å². The number of methoxy groups -OCH3 is 1. The van der Waals surface area contributed by atoms with Crippen LogP contribution in [0.25, 0.3) is 0 Å². The van der Waals surface area contributed by atoms with Gasteiger partial charge in [-0.05, 0) is 6.42 Å². The first-order valence-electron chi connectivity index (χ1n) is 4.72. The van der Waals surface area contributed by atoms with Crippen LogP contribution in [0, 0.1) is 5.53 Å². The summed E-state index contributed by atoms with van der Waals surface area (Å²) in [5.41, 5.74) is 6.21. The maximum absolute atomic E-state index is 11.4. The Bertz CT molecular complexity index is 319. The zero-order valence-corrected chi connectivity index (χ0v) is 9.19. The molecule has 0 saturated carbocycles. The highest BCUT2D eigenvalue weighted by Crippen LogP contribution is 1.95. The van der Waals surface area contributed by atoms with E-state index in [9.17, 15) is 9.59 Å². The van der Waals surface area contributed by atoms with Crippen molar-refractivity contribution in [3.05, 3.63) is 12.7 Å². The van der Waals surface area contributed by atoms with Crippen molar-refractivity contribution in [2.75, 3.05) is 20.3 Å². The van der Waals surface area contributed by atoms with Gasteiger partial charge in [0.1, 0.15) is 0 Å². The number of hydrogen-bond acceptors (Lipinski definition) is 5. The lowest BCUT2D eigenvalue weighted by atomic mass is 10.1. The van der Waals surface area contributed by atoms with Crippen molar-refractivity contribution < 1.29 is 23.9 Å². The van der Waals surface area contributed by atoms with Crippen molar-refractivity contribution in [2.24, 2.45) is 0 Å². The van der Waals surface area contributed by atoms with E-state index in [4.69, 9.17) is 10.3 Å². The van der Waals surface area contributed by atoms with Crippen LogP contribution in [0.3, 0.4) is 0 Å². The predicted octanol–water partition coefficient (Wildman–Crippen LogP) is 0.391. The van der Waals surface area contributed by atoms with Gasteiger partial charge in [0.15, 0.2) is 0 Å². The Morgan fingerprint density at radius 1 is 1.50 bits per heavy atom. The van der Waals surface area contributed by atoms with Crippen molar-refractivity contribution in [3.8, 4) is 0 Å². The SMILES string of the molecule is C=CCOCCCC(=O)C(=[N+]=N)C(=O)OC. The standard InChI is InChI=1S/C10H15N2O4/c1-3-6-16-7-4-5-8(13)9(12-11)10(14)15-2/h3,11H,1,4-7H2,2H3/q+1. The molecule has 0 spiro atoms. The van der Waals surface area contributed by atoms with Crippen LogP contribution in [-0.4, -0.2) is 42.6 Å².